The van der Waals surface area contributed by atoms with Gasteiger partial charge in [-0.3, -0.25) is 29.8 Å². The quantitative estimate of drug-likeness (QED) is 0.0542. The van der Waals surface area contributed by atoms with Gasteiger partial charge in [-0.05, 0) is 64.2 Å². The Labute approximate surface area is 290 Å². The Kier molecular flexibility index (Phi) is 33.4. The Hall–Kier alpha value is -2.24. The number of carbonyl (C=O) groups is 4. The van der Waals surface area contributed by atoms with Crippen molar-refractivity contribution in [1.82, 2.24) is 10.6 Å². The molecule has 47 heavy (non-hydrogen) atoms. The molecule has 0 aromatic heterocycles. The fraction of sp³-hybridized carbons (Fsp3) is 0.805. The average molecular weight is 659 g/mol. The van der Waals surface area contributed by atoms with Gasteiger partial charge in [-0.1, -0.05) is 148 Å². The lowest BCUT2D eigenvalue weighted by atomic mass is 10.1. The number of hydrogen-bond acceptors (Lipinski definition) is 4. The number of rotatable bonds is 33. The SMILES string of the molecule is CCCCCCCC/C=C\CCCCCCCC(=O)NC(=O)CC(C)C(=O)NC(=O)CCCCCCC/C=C\CCCCCCCC. The summed E-state index contributed by atoms with van der Waals surface area (Å²) in [5, 5.41) is 4.81. The van der Waals surface area contributed by atoms with Gasteiger partial charge < -0.3 is 0 Å². The summed E-state index contributed by atoms with van der Waals surface area (Å²) in [6.07, 6.45) is 40.8. The number of carbonyl (C=O) groups excluding carboxylic acids is 4. The maximum absolute atomic E-state index is 12.4. The molecule has 0 bridgehead atoms. The summed E-state index contributed by atoms with van der Waals surface area (Å²) in [4.78, 5) is 48.9. The van der Waals surface area contributed by atoms with E-state index in [1.54, 1.807) is 6.92 Å². The third-order valence-corrected chi connectivity index (χ3v) is 8.81. The van der Waals surface area contributed by atoms with Crippen molar-refractivity contribution in [2.75, 3.05) is 0 Å². The third-order valence-electron chi connectivity index (χ3n) is 8.81. The molecule has 1 unspecified atom stereocenters. The lowest BCUT2D eigenvalue weighted by Gasteiger charge is -2.11. The van der Waals surface area contributed by atoms with E-state index in [0.29, 0.717) is 12.8 Å². The first-order valence-electron chi connectivity index (χ1n) is 19.9. The van der Waals surface area contributed by atoms with Crippen molar-refractivity contribution >= 4 is 23.6 Å². The van der Waals surface area contributed by atoms with Crippen LogP contribution in [0.5, 0.6) is 0 Å². The summed E-state index contributed by atoms with van der Waals surface area (Å²) >= 11 is 0. The summed E-state index contributed by atoms with van der Waals surface area (Å²) in [7, 11) is 0. The first-order chi connectivity index (χ1) is 22.9. The highest BCUT2D eigenvalue weighted by molar-refractivity contribution is 6.00. The molecule has 6 nitrogen and oxygen atoms in total. The maximum atomic E-state index is 12.4. The second-order valence-corrected chi connectivity index (χ2v) is 13.7. The molecule has 4 amide bonds. The van der Waals surface area contributed by atoms with Crippen LogP contribution in [0.25, 0.3) is 0 Å². The predicted octanol–water partition coefficient (Wildman–Crippen LogP) is 11.4. The van der Waals surface area contributed by atoms with E-state index < -0.39 is 17.7 Å². The molecule has 0 aliphatic carbocycles. The van der Waals surface area contributed by atoms with E-state index >= 15 is 0 Å². The standard InChI is InChI=1S/C41H74N2O4/c1-4-6-8-10-12-14-16-18-20-22-24-26-28-30-32-34-38(44)42-40(46)36-37(3)41(47)43-39(45)35-33-31-29-27-25-23-21-19-17-15-13-11-9-7-5-2/h18-21,37H,4-17,22-36H2,1-3H3,(H,42,44,46)(H,43,45,47)/b20-18-,21-19-. The Morgan fingerprint density at radius 3 is 1.13 bits per heavy atom. The van der Waals surface area contributed by atoms with Crippen LogP contribution in [0.15, 0.2) is 24.3 Å². The largest absolute Gasteiger partial charge is 0.296 e. The molecule has 2 N–H and O–H groups in total. The zero-order chi connectivity index (χ0) is 34.6. The summed E-state index contributed by atoms with van der Waals surface area (Å²) in [6, 6.07) is 0. The van der Waals surface area contributed by atoms with Crippen molar-refractivity contribution in [2.24, 2.45) is 5.92 Å². The monoisotopic (exact) mass is 659 g/mol. The van der Waals surface area contributed by atoms with Crippen LogP contribution >= 0.6 is 0 Å². The van der Waals surface area contributed by atoms with Crippen molar-refractivity contribution in [3.8, 4) is 0 Å². The van der Waals surface area contributed by atoms with Gasteiger partial charge in [0.05, 0.1) is 0 Å². The van der Waals surface area contributed by atoms with Crippen LogP contribution in [-0.4, -0.2) is 23.6 Å². The van der Waals surface area contributed by atoms with Crippen molar-refractivity contribution in [1.29, 1.82) is 0 Å². The lowest BCUT2D eigenvalue weighted by molar-refractivity contribution is -0.137. The third kappa shape index (κ3) is 33.5. The highest BCUT2D eigenvalue weighted by Gasteiger charge is 2.20. The molecule has 0 saturated carbocycles. The van der Waals surface area contributed by atoms with Gasteiger partial charge in [0.25, 0.3) is 0 Å². The van der Waals surface area contributed by atoms with Gasteiger partial charge >= 0.3 is 0 Å². The maximum Gasteiger partial charge on any atom is 0.229 e. The lowest BCUT2D eigenvalue weighted by Crippen LogP contribution is -2.38. The number of amides is 4. The van der Waals surface area contributed by atoms with Gasteiger partial charge in [0, 0.05) is 25.2 Å². The van der Waals surface area contributed by atoms with E-state index in [4.69, 9.17) is 0 Å². The molecular formula is C41H74N2O4. The molecule has 0 aromatic carbocycles. The highest BCUT2D eigenvalue weighted by Crippen LogP contribution is 2.12. The van der Waals surface area contributed by atoms with Gasteiger partial charge in [-0.15, -0.1) is 0 Å². The van der Waals surface area contributed by atoms with Crippen LogP contribution in [-0.2, 0) is 19.2 Å². The highest BCUT2D eigenvalue weighted by atomic mass is 16.2. The second-order valence-electron chi connectivity index (χ2n) is 13.7. The fourth-order valence-electron chi connectivity index (χ4n) is 5.68. The van der Waals surface area contributed by atoms with E-state index in [1.807, 2.05) is 0 Å². The molecular weight excluding hydrogens is 584 g/mol. The normalized spacial score (nSPS) is 12.1. The average Bonchev–Trinajstić information content (AvgIpc) is 3.04. The van der Waals surface area contributed by atoms with Gasteiger partial charge in [0.1, 0.15) is 0 Å². The number of hydrogen-bond donors (Lipinski definition) is 2. The molecule has 0 spiro atoms. The first kappa shape index (κ1) is 44.8. The molecule has 0 saturated heterocycles. The molecule has 272 valence electrons. The van der Waals surface area contributed by atoms with Crippen molar-refractivity contribution < 1.29 is 19.2 Å². The topological polar surface area (TPSA) is 92.3 Å². The minimum Gasteiger partial charge on any atom is -0.296 e. The van der Waals surface area contributed by atoms with E-state index in [0.717, 1.165) is 64.2 Å². The Morgan fingerprint density at radius 2 is 0.745 bits per heavy atom. The minimum absolute atomic E-state index is 0.107. The molecule has 0 fully saturated rings. The Balaban J connectivity index is 3.69. The zero-order valence-electron chi connectivity index (χ0n) is 31.0. The van der Waals surface area contributed by atoms with Crippen molar-refractivity contribution in [3.05, 3.63) is 24.3 Å². The van der Waals surface area contributed by atoms with E-state index in [9.17, 15) is 19.2 Å². The van der Waals surface area contributed by atoms with Gasteiger partial charge in [0.15, 0.2) is 0 Å². The molecule has 1 atom stereocenters. The van der Waals surface area contributed by atoms with E-state index in [1.165, 1.54) is 103 Å². The van der Waals surface area contributed by atoms with Gasteiger partial charge in [-0.2, -0.15) is 0 Å². The van der Waals surface area contributed by atoms with Crippen molar-refractivity contribution in [3.63, 3.8) is 0 Å². The number of nitrogens with one attached hydrogen (secondary N) is 2. The minimum atomic E-state index is -0.666. The molecule has 0 rings (SSSR count). The van der Waals surface area contributed by atoms with Crippen LogP contribution in [0.1, 0.15) is 207 Å². The first-order valence-corrected chi connectivity index (χ1v) is 19.9. The van der Waals surface area contributed by atoms with Crippen LogP contribution in [0, 0.1) is 5.92 Å². The summed E-state index contributed by atoms with van der Waals surface area (Å²) in [6.45, 7) is 6.11. The molecule has 0 radical (unpaired) electrons. The zero-order valence-corrected chi connectivity index (χ0v) is 31.0. The van der Waals surface area contributed by atoms with Gasteiger partial charge in [0.2, 0.25) is 23.6 Å². The van der Waals surface area contributed by atoms with Crippen molar-refractivity contribution in [2.45, 2.75) is 207 Å². The van der Waals surface area contributed by atoms with Crippen LogP contribution in [0.4, 0.5) is 0 Å². The van der Waals surface area contributed by atoms with Crippen LogP contribution in [0.3, 0.4) is 0 Å². The number of unbranched alkanes of at least 4 members (excludes halogenated alkanes) is 22. The predicted molar refractivity (Wildman–Crippen MR) is 199 cm³/mol. The Bertz CT molecular complexity index is 835. The van der Waals surface area contributed by atoms with E-state index in [-0.39, 0.29) is 18.2 Å². The summed E-state index contributed by atoms with van der Waals surface area (Å²) < 4.78 is 0. The van der Waals surface area contributed by atoms with Crippen LogP contribution < -0.4 is 10.6 Å². The Morgan fingerprint density at radius 1 is 0.426 bits per heavy atom. The number of allylic oxidation sites excluding steroid dienone is 4. The molecule has 0 aromatic rings. The molecule has 6 heteroatoms. The smallest absolute Gasteiger partial charge is 0.229 e. The number of imide groups is 2. The summed E-state index contributed by atoms with van der Waals surface area (Å²) in [5.74, 6) is -2.17. The molecule has 0 aliphatic rings. The molecule has 0 heterocycles. The van der Waals surface area contributed by atoms with Crippen LogP contribution in [0.2, 0.25) is 0 Å². The fourth-order valence-corrected chi connectivity index (χ4v) is 5.68. The van der Waals surface area contributed by atoms with E-state index in [2.05, 4.69) is 48.8 Å². The summed E-state index contributed by atoms with van der Waals surface area (Å²) in [5.41, 5.74) is 0. The van der Waals surface area contributed by atoms with Gasteiger partial charge in [-0.25, -0.2) is 0 Å². The second kappa shape index (κ2) is 35.1. The molecule has 0 aliphatic heterocycles.